The van der Waals surface area contributed by atoms with Gasteiger partial charge in [-0.25, -0.2) is 0 Å². The predicted molar refractivity (Wildman–Crippen MR) is 106 cm³/mol. The molecule has 2 saturated heterocycles. The molecule has 1 aromatic carbocycles. The molecule has 1 aromatic rings. The number of piperazine rings is 1. The van der Waals surface area contributed by atoms with Crippen molar-refractivity contribution in [1.29, 1.82) is 0 Å². The van der Waals surface area contributed by atoms with Crippen molar-refractivity contribution in [3.05, 3.63) is 35.9 Å². The van der Waals surface area contributed by atoms with Gasteiger partial charge in [0, 0.05) is 63.8 Å². The number of nitrogens with zero attached hydrogens (tertiary/aromatic N) is 3. The fourth-order valence-electron chi connectivity index (χ4n) is 4.30. The Morgan fingerprint density at radius 1 is 1.04 bits per heavy atom. The molecule has 0 bridgehead atoms. The largest absolute Gasteiger partial charge is 0.340 e. The van der Waals surface area contributed by atoms with Crippen molar-refractivity contribution < 1.29 is 4.79 Å². The molecule has 0 spiro atoms. The first-order chi connectivity index (χ1) is 12.5. The molecule has 0 unspecified atom stereocenters. The Bertz CT molecular complexity index is 561. The molecular weight excluding hydrogens is 324 g/mol. The molecule has 0 saturated carbocycles. The maximum Gasteiger partial charge on any atom is 0.224 e. The number of nitrogens with two attached hydrogens (primary N) is 1. The number of amides is 1. The fraction of sp³-hybridized carbons (Fsp3) is 0.667. The number of carbonyl (C=O) groups excluding carboxylic acids is 1. The zero-order valence-corrected chi connectivity index (χ0v) is 16.3. The summed E-state index contributed by atoms with van der Waals surface area (Å²) in [5.74, 6) is 0.183. The van der Waals surface area contributed by atoms with Crippen molar-refractivity contribution in [3.63, 3.8) is 0 Å². The molecule has 0 radical (unpaired) electrons. The molecule has 0 aromatic heterocycles. The van der Waals surface area contributed by atoms with Gasteiger partial charge >= 0.3 is 0 Å². The normalized spacial score (nSPS) is 26.2. The topological polar surface area (TPSA) is 52.8 Å². The van der Waals surface area contributed by atoms with Crippen LogP contribution in [-0.4, -0.2) is 72.0 Å². The van der Waals surface area contributed by atoms with Gasteiger partial charge in [-0.2, -0.15) is 0 Å². The average Bonchev–Trinajstić information content (AvgIpc) is 2.99. The lowest BCUT2D eigenvalue weighted by atomic mass is 10.0. The third kappa shape index (κ3) is 4.84. The predicted octanol–water partition coefficient (Wildman–Crippen LogP) is 2.09. The highest BCUT2D eigenvalue weighted by Gasteiger charge is 2.28. The highest BCUT2D eigenvalue weighted by Crippen LogP contribution is 2.23. The van der Waals surface area contributed by atoms with Gasteiger partial charge in [0.05, 0.1) is 0 Å². The minimum absolute atomic E-state index is 0.183. The Hall–Kier alpha value is -1.43. The van der Waals surface area contributed by atoms with Crippen LogP contribution in [0.5, 0.6) is 0 Å². The van der Waals surface area contributed by atoms with Gasteiger partial charge in [-0.15, -0.1) is 0 Å². The van der Waals surface area contributed by atoms with Crippen LogP contribution >= 0.6 is 0 Å². The van der Waals surface area contributed by atoms with E-state index >= 15 is 0 Å². The van der Waals surface area contributed by atoms with Gasteiger partial charge in [-0.3, -0.25) is 14.6 Å². The first-order valence-electron chi connectivity index (χ1n) is 10.1. The average molecular weight is 359 g/mol. The minimum Gasteiger partial charge on any atom is -0.340 e. The smallest absolute Gasteiger partial charge is 0.224 e. The monoisotopic (exact) mass is 358 g/mol. The molecule has 2 aliphatic heterocycles. The SMILES string of the molecule is C[C@@H]1CC[C@H](C)N1CCN1CCN(C(=O)C[C@H](N)c2ccccc2)CC1. The van der Waals surface area contributed by atoms with E-state index in [0.717, 1.165) is 44.8 Å². The molecule has 3 atom stereocenters. The minimum atomic E-state index is -0.208. The van der Waals surface area contributed by atoms with E-state index < -0.39 is 0 Å². The Morgan fingerprint density at radius 3 is 2.27 bits per heavy atom. The number of benzene rings is 1. The molecule has 26 heavy (non-hydrogen) atoms. The second-order valence-electron chi connectivity index (χ2n) is 7.96. The van der Waals surface area contributed by atoms with Crippen molar-refractivity contribution in [2.24, 2.45) is 5.73 Å². The van der Waals surface area contributed by atoms with Crippen LogP contribution in [0.25, 0.3) is 0 Å². The van der Waals surface area contributed by atoms with Crippen LogP contribution in [0, 0.1) is 0 Å². The fourth-order valence-corrected chi connectivity index (χ4v) is 4.30. The first kappa shape index (κ1) is 19.3. The molecule has 3 rings (SSSR count). The van der Waals surface area contributed by atoms with E-state index in [2.05, 4.69) is 23.6 Å². The van der Waals surface area contributed by atoms with Gasteiger partial charge in [0.25, 0.3) is 0 Å². The molecule has 2 fully saturated rings. The van der Waals surface area contributed by atoms with Gasteiger partial charge in [0.1, 0.15) is 0 Å². The van der Waals surface area contributed by atoms with Crippen LogP contribution in [0.15, 0.2) is 30.3 Å². The third-order valence-corrected chi connectivity index (χ3v) is 6.16. The van der Waals surface area contributed by atoms with Crippen LogP contribution in [0.3, 0.4) is 0 Å². The Balaban J connectivity index is 1.40. The van der Waals surface area contributed by atoms with Gasteiger partial charge in [0.2, 0.25) is 5.91 Å². The van der Waals surface area contributed by atoms with E-state index in [9.17, 15) is 4.79 Å². The lowest BCUT2D eigenvalue weighted by Crippen LogP contribution is -2.51. The number of hydrogen-bond acceptors (Lipinski definition) is 4. The summed E-state index contributed by atoms with van der Waals surface area (Å²) in [4.78, 5) is 19.7. The molecule has 5 heteroatoms. The number of rotatable bonds is 6. The molecule has 144 valence electrons. The molecule has 2 heterocycles. The number of likely N-dealkylation sites (tertiary alicyclic amines) is 1. The summed E-state index contributed by atoms with van der Waals surface area (Å²) in [6.45, 7) is 10.5. The van der Waals surface area contributed by atoms with Crippen molar-refractivity contribution in [2.45, 2.75) is 51.2 Å². The van der Waals surface area contributed by atoms with Crippen LogP contribution < -0.4 is 5.73 Å². The maximum atomic E-state index is 12.6. The second-order valence-corrected chi connectivity index (χ2v) is 7.96. The number of hydrogen-bond donors (Lipinski definition) is 1. The molecule has 0 aliphatic carbocycles. The standard InChI is InChI=1S/C21H34N4O/c1-17-8-9-18(2)25(17)15-12-23-10-13-24(14-11-23)21(26)16-20(22)19-6-4-3-5-7-19/h3-7,17-18,20H,8-16,22H2,1-2H3/t17-,18+,20-/m0/s1. The Labute approximate surface area is 158 Å². The summed E-state index contributed by atoms with van der Waals surface area (Å²) in [5.41, 5.74) is 7.25. The Kier molecular flexibility index (Phi) is 6.68. The van der Waals surface area contributed by atoms with Crippen LogP contribution in [-0.2, 0) is 4.79 Å². The zero-order chi connectivity index (χ0) is 18.5. The van der Waals surface area contributed by atoms with E-state index in [-0.39, 0.29) is 11.9 Å². The second kappa shape index (κ2) is 8.98. The summed E-state index contributed by atoms with van der Waals surface area (Å²) in [6, 6.07) is 11.1. The van der Waals surface area contributed by atoms with Gasteiger partial charge in [-0.1, -0.05) is 30.3 Å². The van der Waals surface area contributed by atoms with E-state index in [1.54, 1.807) is 0 Å². The molecule has 2 aliphatic rings. The zero-order valence-electron chi connectivity index (χ0n) is 16.3. The van der Waals surface area contributed by atoms with Crippen LogP contribution in [0.2, 0.25) is 0 Å². The van der Waals surface area contributed by atoms with Gasteiger partial charge < -0.3 is 10.6 Å². The highest BCUT2D eigenvalue weighted by molar-refractivity contribution is 5.77. The van der Waals surface area contributed by atoms with Crippen molar-refractivity contribution in [1.82, 2.24) is 14.7 Å². The third-order valence-electron chi connectivity index (χ3n) is 6.16. The molecular formula is C21H34N4O. The maximum absolute atomic E-state index is 12.6. The van der Waals surface area contributed by atoms with Crippen molar-refractivity contribution >= 4 is 5.91 Å². The van der Waals surface area contributed by atoms with Gasteiger partial charge in [0.15, 0.2) is 0 Å². The van der Waals surface area contributed by atoms with E-state index in [1.807, 2.05) is 35.2 Å². The summed E-state index contributed by atoms with van der Waals surface area (Å²) in [6.07, 6.45) is 3.04. The first-order valence-corrected chi connectivity index (χ1v) is 10.1. The lowest BCUT2D eigenvalue weighted by molar-refractivity contribution is -0.133. The number of carbonyl (C=O) groups is 1. The summed E-state index contributed by atoms with van der Waals surface area (Å²) in [7, 11) is 0. The summed E-state index contributed by atoms with van der Waals surface area (Å²) >= 11 is 0. The molecule has 5 nitrogen and oxygen atoms in total. The lowest BCUT2D eigenvalue weighted by Gasteiger charge is -2.37. The van der Waals surface area contributed by atoms with E-state index in [4.69, 9.17) is 5.73 Å². The van der Waals surface area contributed by atoms with E-state index in [1.165, 1.54) is 12.8 Å². The van der Waals surface area contributed by atoms with E-state index in [0.29, 0.717) is 18.5 Å². The van der Waals surface area contributed by atoms with Crippen LogP contribution in [0.4, 0.5) is 0 Å². The highest BCUT2D eigenvalue weighted by atomic mass is 16.2. The quantitative estimate of drug-likeness (QED) is 0.846. The summed E-state index contributed by atoms with van der Waals surface area (Å²) in [5, 5.41) is 0. The summed E-state index contributed by atoms with van der Waals surface area (Å²) < 4.78 is 0. The van der Waals surface area contributed by atoms with Crippen molar-refractivity contribution in [2.75, 3.05) is 39.3 Å². The molecule has 1 amide bonds. The molecule has 2 N–H and O–H groups in total. The Morgan fingerprint density at radius 2 is 1.65 bits per heavy atom. The van der Waals surface area contributed by atoms with Crippen molar-refractivity contribution in [3.8, 4) is 0 Å². The van der Waals surface area contributed by atoms with Crippen LogP contribution in [0.1, 0.15) is 44.7 Å². The van der Waals surface area contributed by atoms with Gasteiger partial charge in [-0.05, 0) is 32.3 Å².